The lowest BCUT2D eigenvalue weighted by atomic mass is 10.1. The molecule has 6 nitrogen and oxygen atoms in total. The van der Waals surface area contributed by atoms with E-state index in [4.69, 9.17) is 10.5 Å². The summed E-state index contributed by atoms with van der Waals surface area (Å²) < 4.78 is 45.7. The van der Waals surface area contributed by atoms with Gasteiger partial charge in [0.15, 0.2) is 0 Å². The van der Waals surface area contributed by atoms with Gasteiger partial charge in [-0.15, -0.1) is 13.2 Å². The van der Waals surface area contributed by atoms with Gasteiger partial charge in [0.25, 0.3) is 5.91 Å². The number of amides is 2. The average molecular weight is 368 g/mol. The zero-order valence-electron chi connectivity index (χ0n) is 13.8. The SMILES string of the molecule is COc1ccc(C(N)=O)cc1C(=O)Nc1ccc(OC(F)(F)F)cc1C. The first-order chi connectivity index (χ1) is 12.1. The second kappa shape index (κ2) is 7.34. The van der Waals surface area contributed by atoms with E-state index in [0.29, 0.717) is 5.56 Å². The Labute approximate surface area is 146 Å². The lowest BCUT2D eigenvalue weighted by Crippen LogP contribution is -2.18. The van der Waals surface area contributed by atoms with Crippen LogP contribution >= 0.6 is 0 Å². The van der Waals surface area contributed by atoms with Crippen LogP contribution in [-0.4, -0.2) is 25.3 Å². The quantitative estimate of drug-likeness (QED) is 0.848. The molecule has 0 aliphatic rings. The molecule has 2 aromatic carbocycles. The van der Waals surface area contributed by atoms with Crippen molar-refractivity contribution in [3.05, 3.63) is 53.1 Å². The molecule has 2 rings (SSSR count). The molecule has 0 unspecified atom stereocenters. The van der Waals surface area contributed by atoms with Crippen LogP contribution in [0.2, 0.25) is 0 Å². The van der Waals surface area contributed by atoms with E-state index in [0.717, 1.165) is 12.1 Å². The maximum Gasteiger partial charge on any atom is 0.573 e. The van der Waals surface area contributed by atoms with Crippen molar-refractivity contribution in [1.82, 2.24) is 0 Å². The van der Waals surface area contributed by atoms with Crippen LogP contribution in [0.25, 0.3) is 0 Å². The normalized spacial score (nSPS) is 11.0. The molecule has 0 fully saturated rings. The van der Waals surface area contributed by atoms with Crippen molar-refractivity contribution in [1.29, 1.82) is 0 Å². The van der Waals surface area contributed by atoms with Crippen LogP contribution in [0.15, 0.2) is 36.4 Å². The Balaban J connectivity index is 2.27. The third kappa shape index (κ3) is 4.65. The number of nitrogens with one attached hydrogen (secondary N) is 1. The van der Waals surface area contributed by atoms with Gasteiger partial charge in [0, 0.05) is 11.3 Å². The molecule has 0 spiro atoms. The highest BCUT2D eigenvalue weighted by Crippen LogP contribution is 2.28. The number of primary amides is 1. The van der Waals surface area contributed by atoms with Gasteiger partial charge in [-0.2, -0.15) is 0 Å². The first-order valence-electron chi connectivity index (χ1n) is 7.26. The van der Waals surface area contributed by atoms with Crippen LogP contribution in [-0.2, 0) is 0 Å². The smallest absolute Gasteiger partial charge is 0.496 e. The number of anilines is 1. The van der Waals surface area contributed by atoms with Crippen LogP contribution < -0.4 is 20.5 Å². The standard InChI is InChI=1S/C17H15F3N2O4/c1-9-7-11(26-17(18,19)20)4-5-13(9)22-16(24)12-8-10(15(21)23)3-6-14(12)25-2/h3-8H,1-2H3,(H2,21,23)(H,22,24). The van der Waals surface area contributed by atoms with E-state index in [9.17, 15) is 22.8 Å². The summed E-state index contributed by atoms with van der Waals surface area (Å²) in [5.41, 5.74) is 5.99. The number of methoxy groups -OCH3 is 1. The van der Waals surface area contributed by atoms with Crippen LogP contribution in [0.1, 0.15) is 26.3 Å². The van der Waals surface area contributed by atoms with E-state index in [1.165, 1.54) is 38.3 Å². The predicted octanol–water partition coefficient (Wildman–Crippen LogP) is 3.25. The summed E-state index contributed by atoms with van der Waals surface area (Å²) in [6.07, 6.45) is -4.81. The number of benzene rings is 2. The van der Waals surface area contributed by atoms with Gasteiger partial charge in [-0.25, -0.2) is 0 Å². The van der Waals surface area contributed by atoms with E-state index in [2.05, 4.69) is 10.1 Å². The Kier molecular flexibility index (Phi) is 5.39. The van der Waals surface area contributed by atoms with Crippen molar-refractivity contribution in [2.75, 3.05) is 12.4 Å². The maximum atomic E-state index is 12.5. The van der Waals surface area contributed by atoms with Crippen molar-refractivity contribution < 1.29 is 32.2 Å². The zero-order valence-corrected chi connectivity index (χ0v) is 13.8. The Hall–Kier alpha value is -3.23. The minimum absolute atomic E-state index is 0.0545. The van der Waals surface area contributed by atoms with Crippen molar-refractivity contribution in [3.8, 4) is 11.5 Å². The van der Waals surface area contributed by atoms with Crippen LogP contribution in [0.3, 0.4) is 0 Å². The lowest BCUT2D eigenvalue weighted by molar-refractivity contribution is -0.274. The Bertz CT molecular complexity index is 850. The Morgan fingerprint density at radius 2 is 1.81 bits per heavy atom. The number of hydrogen-bond donors (Lipinski definition) is 2. The molecule has 0 heterocycles. The van der Waals surface area contributed by atoms with Crippen molar-refractivity contribution in [2.24, 2.45) is 5.73 Å². The minimum atomic E-state index is -4.81. The molecule has 2 aromatic rings. The number of ether oxygens (including phenoxy) is 2. The molecule has 0 bridgehead atoms. The highest BCUT2D eigenvalue weighted by Gasteiger charge is 2.31. The molecule has 9 heteroatoms. The summed E-state index contributed by atoms with van der Waals surface area (Å²) in [6.45, 7) is 1.51. The molecule has 2 amide bonds. The summed E-state index contributed by atoms with van der Waals surface area (Å²) in [5.74, 6) is -1.52. The van der Waals surface area contributed by atoms with Gasteiger partial charge in [0.2, 0.25) is 5.91 Å². The fraction of sp³-hybridized carbons (Fsp3) is 0.176. The van der Waals surface area contributed by atoms with Crippen LogP contribution in [0, 0.1) is 6.92 Å². The molecule has 0 saturated heterocycles. The Morgan fingerprint density at radius 1 is 1.12 bits per heavy atom. The number of alkyl halides is 3. The largest absolute Gasteiger partial charge is 0.573 e. The summed E-state index contributed by atoms with van der Waals surface area (Å²) in [4.78, 5) is 23.8. The number of hydrogen-bond acceptors (Lipinski definition) is 4. The second-order valence-corrected chi connectivity index (χ2v) is 5.26. The molecule has 0 aromatic heterocycles. The topological polar surface area (TPSA) is 90.7 Å². The molecule has 3 N–H and O–H groups in total. The minimum Gasteiger partial charge on any atom is -0.496 e. The van der Waals surface area contributed by atoms with Crippen LogP contribution in [0.4, 0.5) is 18.9 Å². The molecule has 0 saturated carbocycles. The van der Waals surface area contributed by atoms with Gasteiger partial charge in [-0.3, -0.25) is 9.59 Å². The molecule has 0 aliphatic heterocycles. The molecule has 0 atom stereocenters. The van der Waals surface area contributed by atoms with Gasteiger partial charge in [-0.05, 0) is 48.9 Å². The fourth-order valence-corrected chi connectivity index (χ4v) is 2.20. The number of halogens is 3. The number of nitrogens with two attached hydrogens (primary N) is 1. The fourth-order valence-electron chi connectivity index (χ4n) is 2.20. The molecule has 0 aliphatic carbocycles. The van der Waals surface area contributed by atoms with Crippen molar-refractivity contribution in [2.45, 2.75) is 13.3 Å². The summed E-state index contributed by atoms with van der Waals surface area (Å²) in [5, 5.41) is 2.55. The third-order valence-electron chi connectivity index (χ3n) is 3.41. The molecule has 138 valence electrons. The predicted molar refractivity (Wildman–Crippen MR) is 87.3 cm³/mol. The molecular weight excluding hydrogens is 353 g/mol. The van der Waals surface area contributed by atoms with E-state index < -0.39 is 23.9 Å². The highest BCUT2D eigenvalue weighted by molar-refractivity contribution is 6.08. The molecular formula is C17H15F3N2O4. The third-order valence-corrected chi connectivity index (χ3v) is 3.41. The average Bonchev–Trinajstić information content (AvgIpc) is 2.55. The van der Waals surface area contributed by atoms with E-state index in [-0.39, 0.29) is 22.6 Å². The number of carbonyl (C=O) groups excluding carboxylic acids is 2. The highest BCUT2D eigenvalue weighted by atomic mass is 19.4. The van der Waals surface area contributed by atoms with Crippen molar-refractivity contribution in [3.63, 3.8) is 0 Å². The van der Waals surface area contributed by atoms with E-state index >= 15 is 0 Å². The first-order valence-corrected chi connectivity index (χ1v) is 7.26. The lowest BCUT2D eigenvalue weighted by Gasteiger charge is -2.14. The maximum absolute atomic E-state index is 12.5. The number of carbonyl (C=O) groups is 2. The zero-order chi connectivity index (χ0) is 19.5. The first kappa shape index (κ1) is 19.1. The monoisotopic (exact) mass is 368 g/mol. The van der Waals surface area contributed by atoms with Crippen LogP contribution in [0.5, 0.6) is 11.5 Å². The Morgan fingerprint density at radius 3 is 2.35 bits per heavy atom. The number of aryl methyl sites for hydroxylation is 1. The summed E-state index contributed by atoms with van der Waals surface area (Å²) in [7, 11) is 1.35. The van der Waals surface area contributed by atoms with Crippen molar-refractivity contribution >= 4 is 17.5 Å². The van der Waals surface area contributed by atoms with Gasteiger partial charge >= 0.3 is 6.36 Å². The van der Waals surface area contributed by atoms with Gasteiger partial charge < -0.3 is 20.5 Å². The van der Waals surface area contributed by atoms with Gasteiger partial charge in [0.1, 0.15) is 11.5 Å². The molecule has 26 heavy (non-hydrogen) atoms. The van der Waals surface area contributed by atoms with Gasteiger partial charge in [-0.1, -0.05) is 0 Å². The number of rotatable bonds is 5. The molecule has 0 radical (unpaired) electrons. The van der Waals surface area contributed by atoms with E-state index in [1.54, 1.807) is 0 Å². The summed E-state index contributed by atoms with van der Waals surface area (Å²) >= 11 is 0. The second-order valence-electron chi connectivity index (χ2n) is 5.26. The van der Waals surface area contributed by atoms with Gasteiger partial charge in [0.05, 0.1) is 12.7 Å². The van der Waals surface area contributed by atoms with E-state index in [1.807, 2.05) is 0 Å². The summed E-state index contributed by atoms with van der Waals surface area (Å²) in [6, 6.07) is 7.59.